The minimum Gasteiger partial charge on any atom is -0.437 e. The van der Waals surface area contributed by atoms with Gasteiger partial charge in [0.1, 0.15) is 5.75 Å². The van der Waals surface area contributed by atoms with Crippen LogP contribution in [0.4, 0.5) is 24.5 Å². The molecule has 0 amide bonds. The van der Waals surface area contributed by atoms with Crippen molar-refractivity contribution in [2.75, 3.05) is 50.5 Å². The molecule has 11 heteroatoms. The maximum absolute atomic E-state index is 9.67. The number of likely N-dealkylation sites (N-methyl/N-ethyl adjacent to an activating group) is 1. The number of nitrogens with two attached hydrogens (primary N) is 2. The molecule has 4 N–H and O–H groups in total. The van der Waals surface area contributed by atoms with E-state index in [0.717, 1.165) is 50.4 Å². The van der Waals surface area contributed by atoms with Gasteiger partial charge in [-0.3, -0.25) is 4.90 Å². The average molecular weight is 561 g/mol. The first-order valence-electron chi connectivity index (χ1n) is 11.6. The van der Waals surface area contributed by atoms with Gasteiger partial charge in [0.05, 0.1) is 15.8 Å². The lowest BCUT2D eigenvalue weighted by molar-refractivity contribution is 0.00819. The van der Waals surface area contributed by atoms with Crippen LogP contribution in [0.3, 0.4) is 0 Å². The predicted molar refractivity (Wildman–Crippen MR) is 139 cm³/mol. The van der Waals surface area contributed by atoms with Gasteiger partial charge in [-0.1, -0.05) is 20.8 Å². The summed E-state index contributed by atoms with van der Waals surface area (Å²) in [6, 6.07) is 6.00. The first-order valence-corrected chi connectivity index (χ1v) is 12.4. The number of nitrogens with zero attached hydrogens (tertiary/aromatic N) is 4. The van der Waals surface area contributed by atoms with Crippen LogP contribution in [0.5, 0.6) is 11.6 Å². The number of hydrazine groups is 1. The van der Waals surface area contributed by atoms with E-state index < -0.39 is 6.68 Å². The molecule has 1 aromatic heterocycles. The van der Waals surface area contributed by atoms with Crippen LogP contribution >= 0.6 is 15.9 Å². The number of benzene rings is 1. The molecule has 0 unspecified atom stereocenters. The predicted octanol–water partition coefficient (Wildman–Crippen LogP) is 5.04. The summed E-state index contributed by atoms with van der Waals surface area (Å²) in [5, 5.41) is 1.68. The number of rotatable bonds is 8. The number of ether oxygens (including phenoxy) is 1. The Bertz CT molecular complexity index is 939. The van der Waals surface area contributed by atoms with Gasteiger partial charge in [0.15, 0.2) is 0 Å². The fourth-order valence-electron chi connectivity index (χ4n) is 3.68. The summed E-state index contributed by atoms with van der Waals surface area (Å²) in [4.78, 5) is 9.45. The molecule has 2 heterocycles. The highest BCUT2D eigenvalue weighted by molar-refractivity contribution is 9.10. The highest BCUT2D eigenvalue weighted by Crippen LogP contribution is 2.40. The Labute approximate surface area is 214 Å². The quantitative estimate of drug-likeness (QED) is 0.265. The first kappa shape index (κ1) is 29.2. The summed E-state index contributed by atoms with van der Waals surface area (Å²) in [6.07, 6.45) is 2.83. The zero-order valence-corrected chi connectivity index (χ0v) is 22.4. The van der Waals surface area contributed by atoms with Gasteiger partial charge < -0.3 is 20.4 Å². The number of nitrogen functional groups attached to an aromatic ring is 1. The van der Waals surface area contributed by atoms with Crippen LogP contribution in [-0.2, 0) is 13.0 Å². The lowest BCUT2D eigenvalue weighted by atomic mass is 10.1. The van der Waals surface area contributed by atoms with Gasteiger partial charge >= 0.3 is 6.68 Å². The number of hydrogen-bond acceptors (Lipinski definition) is 7. The number of alkyl halides is 3. The molecule has 7 nitrogen and oxygen atoms in total. The fraction of sp³-hybridized carbons (Fsp3) is 0.542. The molecule has 0 bridgehead atoms. The molecule has 0 atom stereocenters. The number of halogens is 4. The lowest BCUT2D eigenvalue weighted by Gasteiger charge is -2.32. The van der Waals surface area contributed by atoms with Crippen LogP contribution in [0.2, 0.25) is 0 Å². The minimum atomic E-state index is -3.67. The second-order valence-corrected chi connectivity index (χ2v) is 9.74. The topological polar surface area (TPSA) is 83.9 Å². The molecule has 0 saturated carbocycles. The summed E-state index contributed by atoms with van der Waals surface area (Å²) < 4.78 is 36.0. The second kappa shape index (κ2) is 13.9. The Hall–Kier alpha value is -2.08. The highest BCUT2D eigenvalue weighted by atomic mass is 79.9. The van der Waals surface area contributed by atoms with Gasteiger partial charge in [0.2, 0.25) is 5.88 Å². The van der Waals surface area contributed by atoms with Crippen LogP contribution in [0.15, 0.2) is 28.9 Å². The summed E-state index contributed by atoms with van der Waals surface area (Å²) in [5.74, 6) is 7.89. The molecule has 1 aliphatic rings. The van der Waals surface area contributed by atoms with Crippen LogP contribution in [0.25, 0.3) is 0 Å². The molecular formula is C24H36BrF3N6O. The van der Waals surface area contributed by atoms with E-state index in [1.165, 1.54) is 5.56 Å². The average Bonchev–Trinajstić information content (AvgIpc) is 2.78. The fourth-order valence-corrected chi connectivity index (χ4v) is 4.10. The van der Waals surface area contributed by atoms with Gasteiger partial charge in [-0.05, 0) is 59.1 Å². The molecule has 1 aromatic carbocycles. The van der Waals surface area contributed by atoms with Crippen LogP contribution in [0, 0.1) is 5.92 Å². The zero-order valence-electron chi connectivity index (χ0n) is 20.8. The molecule has 1 fully saturated rings. The number of aromatic nitrogens is 1. The maximum atomic E-state index is 9.67. The Morgan fingerprint density at radius 3 is 2.37 bits per heavy atom. The number of hydrogen-bond donors (Lipinski definition) is 2. The Balaban J connectivity index is 0.00000100. The third-order valence-corrected chi connectivity index (χ3v) is 6.40. The molecule has 2 aromatic rings. The Morgan fingerprint density at radius 1 is 1.17 bits per heavy atom. The van der Waals surface area contributed by atoms with Gasteiger partial charge in [-0.15, -0.1) is 0 Å². The SMILES string of the molecule is CCc1cnc(Oc2ccc(N(N)CC(C)C)c(N)c2Br)c(CN2CCN(C)CC2)c1.FC(F)F. The summed E-state index contributed by atoms with van der Waals surface area (Å²) in [7, 11) is 2.17. The smallest absolute Gasteiger partial charge is 0.379 e. The van der Waals surface area contributed by atoms with Crippen molar-refractivity contribution in [1.29, 1.82) is 0 Å². The molecule has 3 rings (SSSR count). The molecule has 0 radical (unpaired) electrons. The van der Waals surface area contributed by atoms with E-state index in [0.29, 0.717) is 34.3 Å². The normalized spacial score (nSPS) is 14.7. The van der Waals surface area contributed by atoms with Gasteiger partial charge in [0.25, 0.3) is 0 Å². The summed E-state index contributed by atoms with van der Waals surface area (Å²) in [6.45, 7) is 8.49. The molecule has 0 spiro atoms. The van der Waals surface area contributed by atoms with Crippen molar-refractivity contribution in [1.82, 2.24) is 14.8 Å². The van der Waals surface area contributed by atoms with Crippen molar-refractivity contribution >= 4 is 27.3 Å². The Morgan fingerprint density at radius 2 is 1.80 bits per heavy atom. The number of piperazine rings is 1. The molecular weight excluding hydrogens is 525 g/mol. The van der Waals surface area contributed by atoms with Crippen LogP contribution < -0.4 is 21.3 Å². The molecule has 35 heavy (non-hydrogen) atoms. The van der Waals surface area contributed by atoms with E-state index in [1.807, 2.05) is 18.3 Å². The minimum absolute atomic E-state index is 0.428. The third kappa shape index (κ3) is 9.14. The second-order valence-electron chi connectivity index (χ2n) is 8.95. The molecule has 1 aliphatic heterocycles. The zero-order chi connectivity index (χ0) is 26.1. The monoisotopic (exact) mass is 560 g/mol. The van der Waals surface area contributed by atoms with Gasteiger partial charge in [-0.25, -0.2) is 10.8 Å². The standard InChI is InChI=1S/C23H35BrN6O.CHF3/c1-5-17-12-18(15-29-10-8-28(4)9-11-29)23(27-13-17)31-20-7-6-19(22(25)21(20)24)30(26)14-16(2)3;2-1(3)4/h6-7,12-13,16H,5,8-11,14-15,25-26H2,1-4H3;1H. The highest BCUT2D eigenvalue weighted by Gasteiger charge is 2.19. The first-order chi connectivity index (χ1) is 16.5. The van der Waals surface area contributed by atoms with Crippen molar-refractivity contribution in [2.24, 2.45) is 11.8 Å². The Kier molecular flexibility index (Phi) is 11.5. The molecule has 0 aliphatic carbocycles. The van der Waals surface area contributed by atoms with Crippen molar-refractivity contribution in [2.45, 2.75) is 40.4 Å². The largest absolute Gasteiger partial charge is 0.437 e. The lowest BCUT2D eigenvalue weighted by Crippen LogP contribution is -2.43. The van der Waals surface area contributed by atoms with Crippen molar-refractivity contribution < 1.29 is 17.9 Å². The van der Waals surface area contributed by atoms with E-state index in [9.17, 15) is 13.2 Å². The summed E-state index contributed by atoms with van der Waals surface area (Å²) >= 11 is 3.60. The molecule has 1 saturated heterocycles. The van der Waals surface area contributed by atoms with E-state index in [1.54, 1.807) is 5.01 Å². The van der Waals surface area contributed by atoms with Crippen LogP contribution in [-0.4, -0.2) is 61.2 Å². The third-order valence-electron chi connectivity index (χ3n) is 5.58. The van der Waals surface area contributed by atoms with Crippen LogP contribution in [0.1, 0.15) is 31.9 Å². The van der Waals surface area contributed by atoms with Gasteiger partial charge in [0, 0.05) is 51.0 Å². The van der Waals surface area contributed by atoms with Gasteiger partial charge in [-0.2, -0.15) is 13.2 Å². The van der Waals surface area contributed by atoms with Crippen molar-refractivity contribution in [3.8, 4) is 11.6 Å². The number of pyridine rings is 1. The summed E-state index contributed by atoms with van der Waals surface area (Å²) in [5.41, 5.74) is 10.0. The van der Waals surface area contributed by atoms with E-state index >= 15 is 0 Å². The molecule has 196 valence electrons. The van der Waals surface area contributed by atoms with E-state index in [-0.39, 0.29) is 0 Å². The number of anilines is 2. The van der Waals surface area contributed by atoms with Crippen molar-refractivity contribution in [3.05, 3.63) is 40.0 Å². The van der Waals surface area contributed by atoms with E-state index in [2.05, 4.69) is 64.6 Å². The van der Waals surface area contributed by atoms with Crippen molar-refractivity contribution in [3.63, 3.8) is 0 Å². The number of aryl methyl sites for hydroxylation is 1. The maximum Gasteiger partial charge on any atom is 0.379 e. The van der Waals surface area contributed by atoms with E-state index in [4.69, 9.17) is 16.3 Å².